The summed E-state index contributed by atoms with van der Waals surface area (Å²) in [6.45, 7) is 4.49. The Morgan fingerprint density at radius 3 is 3.22 bits per heavy atom. The van der Waals surface area contributed by atoms with Gasteiger partial charge in [0.1, 0.15) is 0 Å². The van der Waals surface area contributed by atoms with Crippen LogP contribution in [0, 0.1) is 17.2 Å². The van der Waals surface area contributed by atoms with Crippen molar-refractivity contribution < 1.29 is 18.3 Å². The predicted molar refractivity (Wildman–Crippen MR) is 80.4 cm³/mol. The highest BCUT2D eigenvalue weighted by atomic mass is 19.1. The van der Waals surface area contributed by atoms with Crippen LogP contribution >= 0.6 is 0 Å². The maximum Gasteiger partial charge on any atom is 0.250 e. The van der Waals surface area contributed by atoms with Crippen molar-refractivity contribution in [1.29, 1.82) is 0 Å². The van der Waals surface area contributed by atoms with E-state index in [0.717, 1.165) is 31.8 Å². The molecule has 0 bridgehead atoms. The average molecular weight is 318 g/mol. The molecule has 2 aliphatic rings. The normalized spacial score (nSPS) is 27.3. The molecular formula is C17H19FN2O3. The molecule has 4 heterocycles. The average Bonchev–Trinajstić information content (AvgIpc) is 3.23. The molecule has 23 heavy (non-hydrogen) atoms. The summed E-state index contributed by atoms with van der Waals surface area (Å²) >= 11 is 0. The van der Waals surface area contributed by atoms with Crippen molar-refractivity contribution in [3.05, 3.63) is 48.3 Å². The highest BCUT2D eigenvalue weighted by Gasteiger charge is 2.51. The molecule has 2 aromatic rings. The first-order chi connectivity index (χ1) is 11.3. The Bertz CT molecular complexity index is 664. The number of hydrogen-bond acceptors (Lipinski definition) is 5. The van der Waals surface area contributed by atoms with Gasteiger partial charge in [-0.2, -0.15) is 0 Å². The number of hydrogen-bond donors (Lipinski definition) is 0. The van der Waals surface area contributed by atoms with Gasteiger partial charge in [0.05, 0.1) is 32.3 Å². The van der Waals surface area contributed by atoms with Crippen molar-refractivity contribution in [2.75, 3.05) is 32.9 Å². The maximum atomic E-state index is 13.7. The van der Waals surface area contributed by atoms with Crippen molar-refractivity contribution in [2.45, 2.75) is 6.54 Å². The number of pyridine rings is 1. The summed E-state index contributed by atoms with van der Waals surface area (Å²) in [5.41, 5.74) is 1.07. The third-order valence-electron chi connectivity index (χ3n) is 4.80. The molecule has 6 heteroatoms. The van der Waals surface area contributed by atoms with Crippen LogP contribution in [0.2, 0.25) is 0 Å². The van der Waals surface area contributed by atoms with Crippen LogP contribution in [-0.4, -0.2) is 42.8 Å². The van der Waals surface area contributed by atoms with Crippen molar-refractivity contribution in [3.8, 4) is 5.88 Å². The molecular weight excluding hydrogens is 299 g/mol. The van der Waals surface area contributed by atoms with E-state index >= 15 is 0 Å². The maximum absolute atomic E-state index is 13.7. The highest BCUT2D eigenvalue weighted by molar-refractivity contribution is 5.14. The second-order valence-electron chi connectivity index (χ2n) is 6.45. The van der Waals surface area contributed by atoms with Crippen LogP contribution in [0.25, 0.3) is 0 Å². The Kier molecular flexibility index (Phi) is 3.79. The Labute approximate surface area is 134 Å². The topological polar surface area (TPSA) is 47.7 Å². The molecule has 122 valence electrons. The molecule has 5 nitrogen and oxygen atoms in total. The highest BCUT2D eigenvalue weighted by Crippen LogP contribution is 2.42. The fraction of sp³-hybridized carbons (Fsp3) is 0.471. The molecule has 0 aromatic carbocycles. The first kappa shape index (κ1) is 14.7. The molecule has 4 rings (SSSR count). The van der Waals surface area contributed by atoms with E-state index in [1.54, 1.807) is 24.8 Å². The monoisotopic (exact) mass is 318 g/mol. The summed E-state index contributed by atoms with van der Waals surface area (Å²) in [5, 5.41) is 0. The second-order valence-corrected chi connectivity index (χ2v) is 6.45. The van der Waals surface area contributed by atoms with Crippen LogP contribution in [0.1, 0.15) is 5.56 Å². The summed E-state index contributed by atoms with van der Waals surface area (Å²) in [6, 6.07) is 4.91. The molecule has 2 atom stereocenters. The summed E-state index contributed by atoms with van der Waals surface area (Å²) in [7, 11) is 0. The Morgan fingerprint density at radius 2 is 2.39 bits per heavy atom. The molecule has 2 fully saturated rings. The molecule has 0 aliphatic carbocycles. The van der Waals surface area contributed by atoms with E-state index in [1.807, 2.05) is 6.07 Å². The Balaban J connectivity index is 1.44. The lowest BCUT2D eigenvalue weighted by Gasteiger charge is -2.27. The molecule has 0 amide bonds. The molecule has 0 saturated carbocycles. The van der Waals surface area contributed by atoms with Gasteiger partial charge >= 0.3 is 0 Å². The predicted octanol–water partition coefficient (Wildman–Crippen LogP) is 2.34. The van der Waals surface area contributed by atoms with Crippen molar-refractivity contribution >= 4 is 0 Å². The summed E-state index contributed by atoms with van der Waals surface area (Å²) in [6.07, 6.45) is 5.01. The van der Waals surface area contributed by atoms with Gasteiger partial charge in [0, 0.05) is 42.7 Å². The zero-order valence-corrected chi connectivity index (χ0v) is 12.8. The minimum atomic E-state index is -0.424. The van der Waals surface area contributed by atoms with Gasteiger partial charge < -0.3 is 13.9 Å². The standard InChI is InChI=1S/C17H19FN2O3/c18-15-2-1-4-19-16(15)23-12-17-10-20(6-13-3-5-21-8-13)7-14(17)9-22-11-17/h1-5,8,14H,6-7,9-12H2/t14-,17+/m0/s1. The van der Waals surface area contributed by atoms with Gasteiger partial charge in [-0.15, -0.1) is 0 Å². The fourth-order valence-corrected chi connectivity index (χ4v) is 3.60. The Hall–Kier alpha value is -1.92. The number of likely N-dealkylation sites (tertiary alicyclic amines) is 1. The number of halogens is 1. The Morgan fingerprint density at radius 1 is 1.43 bits per heavy atom. The minimum absolute atomic E-state index is 0.0702. The number of ether oxygens (including phenoxy) is 2. The largest absolute Gasteiger partial charge is 0.475 e. The van der Waals surface area contributed by atoms with Crippen molar-refractivity contribution in [3.63, 3.8) is 0 Å². The first-order valence-electron chi connectivity index (χ1n) is 7.80. The van der Waals surface area contributed by atoms with E-state index in [0.29, 0.717) is 19.1 Å². The number of nitrogens with zero attached hydrogens (tertiary/aromatic N) is 2. The summed E-state index contributed by atoms with van der Waals surface area (Å²) in [5.74, 6) is 0.0506. The van der Waals surface area contributed by atoms with Gasteiger partial charge in [-0.25, -0.2) is 9.37 Å². The molecule has 2 aliphatic heterocycles. The van der Waals surface area contributed by atoms with Crippen molar-refractivity contribution in [2.24, 2.45) is 11.3 Å². The van der Waals surface area contributed by atoms with Gasteiger partial charge in [-0.05, 0) is 18.2 Å². The van der Waals surface area contributed by atoms with E-state index < -0.39 is 5.82 Å². The molecule has 0 unspecified atom stereocenters. The molecule has 0 N–H and O–H groups in total. The van der Waals surface area contributed by atoms with Gasteiger partial charge in [0.25, 0.3) is 0 Å². The lowest BCUT2D eigenvalue weighted by atomic mass is 9.82. The van der Waals surface area contributed by atoms with Gasteiger partial charge in [0.2, 0.25) is 5.88 Å². The molecule has 2 saturated heterocycles. The summed E-state index contributed by atoms with van der Waals surface area (Å²) in [4.78, 5) is 6.35. The van der Waals surface area contributed by atoms with Crippen LogP contribution in [-0.2, 0) is 11.3 Å². The number of furan rings is 1. The molecule has 0 spiro atoms. The lowest BCUT2D eigenvalue weighted by Crippen LogP contribution is -2.37. The van der Waals surface area contributed by atoms with Gasteiger partial charge in [-0.1, -0.05) is 0 Å². The third kappa shape index (κ3) is 2.84. The first-order valence-corrected chi connectivity index (χ1v) is 7.80. The van der Waals surface area contributed by atoms with Crippen LogP contribution in [0.3, 0.4) is 0 Å². The van der Waals surface area contributed by atoms with Crippen molar-refractivity contribution in [1.82, 2.24) is 9.88 Å². The second kappa shape index (κ2) is 5.94. The van der Waals surface area contributed by atoms with E-state index in [9.17, 15) is 4.39 Å². The van der Waals surface area contributed by atoms with Crippen LogP contribution in [0.5, 0.6) is 5.88 Å². The van der Waals surface area contributed by atoms with E-state index in [-0.39, 0.29) is 11.3 Å². The quantitative estimate of drug-likeness (QED) is 0.847. The van der Waals surface area contributed by atoms with Crippen LogP contribution in [0.4, 0.5) is 4.39 Å². The van der Waals surface area contributed by atoms with Gasteiger partial charge in [-0.3, -0.25) is 4.90 Å². The smallest absolute Gasteiger partial charge is 0.250 e. The van der Waals surface area contributed by atoms with E-state index in [1.165, 1.54) is 6.07 Å². The number of aromatic nitrogens is 1. The van der Waals surface area contributed by atoms with Crippen LogP contribution < -0.4 is 4.74 Å². The zero-order chi connectivity index (χ0) is 15.7. The zero-order valence-electron chi connectivity index (χ0n) is 12.8. The molecule has 2 aromatic heterocycles. The molecule has 0 radical (unpaired) electrons. The fourth-order valence-electron chi connectivity index (χ4n) is 3.60. The SMILES string of the molecule is Fc1cccnc1OC[C@@]12COC[C@@H]1CN(Cc1ccoc1)C2. The van der Waals surface area contributed by atoms with E-state index in [4.69, 9.17) is 13.9 Å². The van der Waals surface area contributed by atoms with Gasteiger partial charge in [0.15, 0.2) is 5.82 Å². The lowest BCUT2D eigenvalue weighted by molar-refractivity contribution is 0.0862. The number of rotatable bonds is 5. The van der Waals surface area contributed by atoms with E-state index in [2.05, 4.69) is 9.88 Å². The minimum Gasteiger partial charge on any atom is -0.475 e. The summed E-state index contributed by atoms with van der Waals surface area (Å²) < 4.78 is 30.2. The van der Waals surface area contributed by atoms with Crippen LogP contribution in [0.15, 0.2) is 41.3 Å². The number of fused-ring (bicyclic) bond motifs is 1. The third-order valence-corrected chi connectivity index (χ3v) is 4.80.